The summed E-state index contributed by atoms with van der Waals surface area (Å²) in [5, 5.41) is 20.5. The van der Waals surface area contributed by atoms with Gasteiger partial charge in [0.15, 0.2) is 0 Å². The normalized spacial score (nSPS) is 23.6. The lowest BCUT2D eigenvalue weighted by molar-refractivity contribution is -0.385. The highest BCUT2D eigenvalue weighted by Crippen LogP contribution is 2.51. The minimum absolute atomic E-state index is 0.0321. The third-order valence-corrected chi connectivity index (χ3v) is 6.57. The first-order valence-corrected chi connectivity index (χ1v) is 9.81. The minimum Gasteiger partial charge on any atom is -0.390 e. The predicted molar refractivity (Wildman–Crippen MR) is 100 cm³/mol. The van der Waals surface area contributed by atoms with Gasteiger partial charge in [0, 0.05) is 18.1 Å². The third-order valence-electron chi connectivity index (χ3n) is 4.99. The fraction of sp³-hybridized carbons (Fsp3) is 0.667. The Bertz CT molecular complexity index is 762. The molecule has 2 rings (SSSR count). The molecule has 0 heterocycles. The van der Waals surface area contributed by atoms with Gasteiger partial charge in [-0.3, -0.25) is 10.1 Å². The average Bonchev–Trinajstić information content (AvgIpc) is 2.55. The quantitative estimate of drug-likeness (QED) is 0.579. The summed E-state index contributed by atoms with van der Waals surface area (Å²) >= 11 is 0. The van der Waals surface area contributed by atoms with Gasteiger partial charge in [0.1, 0.15) is 6.61 Å². The first-order valence-electron chi connectivity index (χ1n) is 8.66. The molecular weight excluding hydrogens is 378 g/mol. The molecule has 9 heteroatoms. The standard InChI is InChI=1S/C18H26F2N2O4S/c1-16(2,3)27(26)21-15-12-8-11(22(24)25)6-7-13(12)17(4,5)9-14(15)18(19,20)10-23/h6-8,14-15,21,23H,9-10H2,1-5H3/t14-,15?,27-/m1/s1. The summed E-state index contributed by atoms with van der Waals surface area (Å²) in [4.78, 5) is 10.6. The van der Waals surface area contributed by atoms with Gasteiger partial charge in [0.2, 0.25) is 0 Å². The van der Waals surface area contributed by atoms with E-state index in [1.165, 1.54) is 12.1 Å². The van der Waals surface area contributed by atoms with Crippen LogP contribution in [0.15, 0.2) is 18.2 Å². The summed E-state index contributed by atoms with van der Waals surface area (Å²) < 4.78 is 43.9. The largest absolute Gasteiger partial charge is 0.390 e. The molecule has 27 heavy (non-hydrogen) atoms. The molecule has 1 aliphatic carbocycles. The number of aliphatic hydroxyl groups excluding tert-OH is 1. The molecule has 3 atom stereocenters. The molecule has 152 valence electrons. The van der Waals surface area contributed by atoms with Gasteiger partial charge in [0.25, 0.3) is 11.6 Å². The molecule has 0 amide bonds. The van der Waals surface area contributed by atoms with Crippen LogP contribution < -0.4 is 4.72 Å². The van der Waals surface area contributed by atoms with Crippen molar-refractivity contribution >= 4 is 16.7 Å². The number of hydrogen-bond acceptors (Lipinski definition) is 4. The van der Waals surface area contributed by atoms with Gasteiger partial charge < -0.3 is 5.11 Å². The summed E-state index contributed by atoms with van der Waals surface area (Å²) in [6.07, 6.45) is 0.0321. The molecule has 1 aromatic carbocycles. The number of hydrogen-bond donors (Lipinski definition) is 2. The Balaban J connectivity index is 2.66. The number of alkyl halides is 2. The fourth-order valence-corrected chi connectivity index (χ4v) is 4.36. The van der Waals surface area contributed by atoms with E-state index in [2.05, 4.69) is 4.72 Å². The lowest BCUT2D eigenvalue weighted by Crippen LogP contribution is -2.50. The molecule has 1 aliphatic rings. The van der Waals surface area contributed by atoms with Crippen molar-refractivity contribution in [3.8, 4) is 0 Å². The van der Waals surface area contributed by atoms with Crippen molar-refractivity contribution in [2.45, 2.75) is 63.2 Å². The van der Waals surface area contributed by atoms with Crippen molar-refractivity contribution in [2.75, 3.05) is 6.61 Å². The van der Waals surface area contributed by atoms with Crippen molar-refractivity contribution in [1.29, 1.82) is 0 Å². The van der Waals surface area contributed by atoms with Gasteiger partial charge in [-0.05, 0) is 43.7 Å². The highest BCUT2D eigenvalue weighted by molar-refractivity contribution is 7.84. The first kappa shape index (κ1) is 21.8. The van der Waals surface area contributed by atoms with E-state index in [0.717, 1.165) is 0 Å². The summed E-state index contributed by atoms with van der Waals surface area (Å²) in [6.45, 7) is 7.34. The predicted octanol–water partition coefficient (Wildman–Crippen LogP) is 3.61. The number of aliphatic hydroxyl groups is 1. The highest BCUT2D eigenvalue weighted by Gasteiger charge is 2.52. The molecule has 0 aromatic heterocycles. The van der Waals surface area contributed by atoms with Gasteiger partial charge in [-0.1, -0.05) is 19.9 Å². The smallest absolute Gasteiger partial charge is 0.275 e. The van der Waals surface area contributed by atoms with Crippen LogP contribution in [0.4, 0.5) is 14.5 Å². The molecule has 6 nitrogen and oxygen atoms in total. The third kappa shape index (κ3) is 4.35. The lowest BCUT2D eigenvalue weighted by Gasteiger charge is -2.45. The lowest BCUT2D eigenvalue weighted by atomic mass is 9.64. The number of fused-ring (bicyclic) bond motifs is 1. The molecule has 0 saturated heterocycles. The van der Waals surface area contributed by atoms with Crippen LogP contribution in [0.2, 0.25) is 0 Å². The van der Waals surface area contributed by atoms with E-state index in [4.69, 9.17) is 0 Å². The Morgan fingerprint density at radius 2 is 1.96 bits per heavy atom. The fourth-order valence-electron chi connectivity index (χ4n) is 3.48. The summed E-state index contributed by atoms with van der Waals surface area (Å²) in [5.74, 6) is -4.79. The summed E-state index contributed by atoms with van der Waals surface area (Å²) in [6, 6.07) is 3.11. The molecular formula is C18H26F2N2O4S. The zero-order valence-corrected chi connectivity index (χ0v) is 16.9. The van der Waals surface area contributed by atoms with Crippen LogP contribution in [0, 0.1) is 16.0 Å². The van der Waals surface area contributed by atoms with E-state index in [1.54, 1.807) is 40.7 Å². The number of nitrogens with zero attached hydrogens (tertiary/aromatic N) is 1. The van der Waals surface area contributed by atoms with Crippen LogP contribution >= 0.6 is 0 Å². The number of rotatable bonds is 5. The van der Waals surface area contributed by atoms with Crippen LogP contribution in [0.25, 0.3) is 0 Å². The molecule has 1 unspecified atom stereocenters. The van der Waals surface area contributed by atoms with E-state index in [1.807, 2.05) is 0 Å². The van der Waals surface area contributed by atoms with E-state index in [0.29, 0.717) is 11.1 Å². The zero-order chi connectivity index (χ0) is 20.8. The molecule has 2 N–H and O–H groups in total. The van der Waals surface area contributed by atoms with Crippen LogP contribution in [0.5, 0.6) is 0 Å². The molecule has 0 fully saturated rings. The van der Waals surface area contributed by atoms with Crippen molar-refractivity contribution < 1.29 is 23.0 Å². The van der Waals surface area contributed by atoms with Crippen LogP contribution in [-0.4, -0.2) is 31.5 Å². The molecule has 1 aromatic rings. The number of nitro groups is 1. The Labute approximate surface area is 160 Å². The molecule has 0 radical (unpaired) electrons. The molecule has 0 bridgehead atoms. The van der Waals surface area contributed by atoms with E-state index in [9.17, 15) is 28.2 Å². The van der Waals surface area contributed by atoms with Gasteiger partial charge in [-0.2, -0.15) is 0 Å². The minimum atomic E-state index is -3.43. The zero-order valence-electron chi connectivity index (χ0n) is 16.1. The maximum atomic E-state index is 14.6. The maximum absolute atomic E-state index is 14.6. The van der Waals surface area contributed by atoms with Gasteiger partial charge in [-0.25, -0.2) is 17.7 Å². The molecule has 0 spiro atoms. The van der Waals surface area contributed by atoms with E-state index in [-0.39, 0.29) is 12.1 Å². The van der Waals surface area contributed by atoms with Crippen LogP contribution in [-0.2, 0) is 16.4 Å². The SMILES string of the molecule is CC1(C)C[C@@H](C(F)(F)CO)C(N[S@](=O)C(C)(C)C)c2cc([N+](=O)[O-])ccc21. The number of benzene rings is 1. The van der Waals surface area contributed by atoms with Crippen molar-refractivity contribution in [3.63, 3.8) is 0 Å². The number of nitro benzene ring substituents is 1. The maximum Gasteiger partial charge on any atom is 0.275 e. The van der Waals surface area contributed by atoms with Gasteiger partial charge in [-0.15, -0.1) is 0 Å². The Morgan fingerprint density at radius 3 is 2.44 bits per heavy atom. The average molecular weight is 404 g/mol. The number of halogens is 2. The summed E-state index contributed by atoms with van der Waals surface area (Å²) in [7, 11) is -1.68. The van der Waals surface area contributed by atoms with Crippen LogP contribution in [0.3, 0.4) is 0 Å². The Morgan fingerprint density at radius 1 is 1.37 bits per heavy atom. The Kier molecular flexibility index (Phi) is 5.81. The van der Waals surface area contributed by atoms with E-state index >= 15 is 0 Å². The molecule has 0 saturated carbocycles. The van der Waals surface area contributed by atoms with Crippen molar-refractivity contribution in [3.05, 3.63) is 39.4 Å². The number of non-ortho nitro benzene ring substituents is 1. The second-order valence-corrected chi connectivity index (χ2v) is 10.6. The topological polar surface area (TPSA) is 92.5 Å². The second kappa shape index (κ2) is 7.18. The second-order valence-electron chi connectivity index (χ2n) is 8.62. The highest BCUT2D eigenvalue weighted by atomic mass is 32.2. The number of nitrogens with one attached hydrogen (secondary N) is 1. The van der Waals surface area contributed by atoms with Crippen molar-refractivity contribution in [1.82, 2.24) is 4.72 Å². The first-order chi connectivity index (χ1) is 12.2. The van der Waals surface area contributed by atoms with E-state index < -0.39 is 50.6 Å². The summed E-state index contributed by atoms with van der Waals surface area (Å²) in [5.41, 5.74) is 0.123. The Hall–Kier alpha value is -1.45. The van der Waals surface area contributed by atoms with Gasteiger partial charge in [0.05, 0.1) is 26.7 Å². The monoisotopic (exact) mass is 404 g/mol. The van der Waals surface area contributed by atoms with Crippen LogP contribution in [0.1, 0.15) is 58.2 Å². The molecule has 0 aliphatic heterocycles. The van der Waals surface area contributed by atoms with Gasteiger partial charge >= 0.3 is 0 Å². The van der Waals surface area contributed by atoms with Crippen molar-refractivity contribution in [2.24, 2.45) is 5.92 Å².